The first-order chi connectivity index (χ1) is 17.6. The zero-order valence-electron chi connectivity index (χ0n) is 19.5. The van der Waals surface area contributed by atoms with Gasteiger partial charge in [0, 0.05) is 38.6 Å². The maximum absolute atomic E-state index is 13.6. The molecule has 0 atom stereocenters. The molecule has 1 aliphatic rings. The van der Waals surface area contributed by atoms with Gasteiger partial charge in [0.15, 0.2) is 5.16 Å². The summed E-state index contributed by atoms with van der Waals surface area (Å²) in [6.45, 7) is 2.82. The minimum absolute atomic E-state index is 0.117. The second-order valence-electron chi connectivity index (χ2n) is 8.11. The molecule has 184 valence electrons. The lowest BCUT2D eigenvalue weighted by Crippen LogP contribution is -2.46. The Balaban J connectivity index is 1.27. The van der Waals surface area contributed by atoms with Crippen LogP contribution in [0, 0.1) is 5.82 Å². The Labute approximate surface area is 210 Å². The summed E-state index contributed by atoms with van der Waals surface area (Å²) in [7, 11) is 1.66. The lowest BCUT2D eigenvalue weighted by molar-refractivity contribution is 0.323. The number of anilines is 1. The monoisotopic (exact) mass is 506 g/mol. The number of hydrogen-bond acceptors (Lipinski definition) is 8. The number of aromatic nitrogens is 4. The SMILES string of the molecule is COc1ccccc1N1CCN(C(=C=O)CSc2nnc3c(=O)n(-c4cccc(F)c4)ccn23)CC1. The number of piperazine rings is 1. The summed E-state index contributed by atoms with van der Waals surface area (Å²) in [6, 6.07) is 13.7. The van der Waals surface area contributed by atoms with E-state index in [2.05, 4.69) is 21.0 Å². The average Bonchev–Trinajstić information content (AvgIpc) is 3.33. The molecular weight excluding hydrogens is 483 g/mol. The smallest absolute Gasteiger partial charge is 0.300 e. The highest BCUT2D eigenvalue weighted by Crippen LogP contribution is 2.29. The molecule has 0 spiro atoms. The minimum atomic E-state index is -0.436. The number of nitrogens with zero attached hydrogens (tertiary/aromatic N) is 6. The summed E-state index contributed by atoms with van der Waals surface area (Å²) in [5.41, 5.74) is 1.67. The number of methoxy groups -OCH3 is 1. The molecule has 1 aliphatic heterocycles. The number of thioether (sulfide) groups is 1. The van der Waals surface area contributed by atoms with Crippen LogP contribution < -0.4 is 15.2 Å². The van der Waals surface area contributed by atoms with Crippen molar-refractivity contribution < 1.29 is 13.9 Å². The van der Waals surface area contributed by atoms with Gasteiger partial charge in [0.1, 0.15) is 23.2 Å². The molecule has 0 bridgehead atoms. The number of fused-ring (bicyclic) bond motifs is 1. The van der Waals surface area contributed by atoms with Crippen molar-refractivity contribution in [1.29, 1.82) is 0 Å². The van der Waals surface area contributed by atoms with E-state index in [1.54, 1.807) is 30.0 Å². The molecule has 4 aromatic rings. The number of benzene rings is 2. The molecule has 2 aromatic heterocycles. The van der Waals surface area contributed by atoms with Crippen LogP contribution in [-0.2, 0) is 4.79 Å². The lowest BCUT2D eigenvalue weighted by Gasteiger charge is -2.37. The van der Waals surface area contributed by atoms with E-state index in [9.17, 15) is 14.0 Å². The molecule has 0 amide bonds. The van der Waals surface area contributed by atoms with E-state index < -0.39 is 11.4 Å². The Morgan fingerprint density at radius 1 is 1.08 bits per heavy atom. The van der Waals surface area contributed by atoms with Crippen molar-refractivity contribution in [3.05, 3.63) is 82.8 Å². The predicted molar refractivity (Wildman–Crippen MR) is 135 cm³/mol. The van der Waals surface area contributed by atoms with E-state index in [1.807, 2.05) is 29.2 Å². The molecule has 0 saturated carbocycles. The van der Waals surface area contributed by atoms with Crippen molar-refractivity contribution >= 4 is 29.0 Å². The Hall–Kier alpha value is -4.08. The van der Waals surface area contributed by atoms with Crippen LogP contribution in [0.5, 0.6) is 5.75 Å². The molecule has 36 heavy (non-hydrogen) atoms. The van der Waals surface area contributed by atoms with Crippen LogP contribution in [0.25, 0.3) is 11.3 Å². The number of ether oxygens (including phenoxy) is 1. The normalized spacial score (nSPS) is 13.6. The van der Waals surface area contributed by atoms with Crippen molar-refractivity contribution in [2.75, 3.05) is 43.9 Å². The topological polar surface area (TPSA) is 85.0 Å². The van der Waals surface area contributed by atoms with E-state index in [-0.39, 0.29) is 5.65 Å². The van der Waals surface area contributed by atoms with Crippen LogP contribution in [0.4, 0.5) is 10.1 Å². The summed E-state index contributed by atoms with van der Waals surface area (Å²) in [5.74, 6) is 2.80. The number of halogens is 1. The van der Waals surface area contributed by atoms with Crippen molar-refractivity contribution in [2.45, 2.75) is 5.16 Å². The average molecular weight is 507 g/mol. The van der Waals surface area contributed by atoms with Crippen molar-refractivity contribution in [2.24, 2.45) is 0 Å². The first-order valence-electron chi connectivity index (χ1n) is 11.3. The summed E-state index contributed by atoms with van der Waals surface area (Å²) in [4.78, 5) is 28.9. The van der Waals surface area contributed by atoms with Crippen LogP contribution >= 0.6 is 11.8 Å². The molecule has 11 heteroatoms. The van der Waals surface area contributed by atoms with Gasteiger partial charge in [0.2, 0.25) is 5.65 Å². The molecule has 2 aromatic carbocycles. The minimum Gasteiger partial charge on any atom is -0.495 e. The largest absolute Gasteiger partial charge is 0.495 e. The number of rotatable bonds is 7. The molecule has 0 radical (unpaired) electrons. The van der Waals surface area contributed by atoms with E-state index in [1.165, 1.54) is 34.5 Å². The van der Waals surface area contributed by atoms with Crippen LogP contribution in [0.3, 0.4) is 0 Å². The van der Waals surface area contributed by atoms with E-state index in [4.69, 9.17) is 4.74 Å². The van der Waals surface area contributed by atoms with Crippen LogP contribution in [0.1, 0.15) is 0 Å². The van der Waals surface area contributed by atoms with Crippen LogP contribution in [-0.4, -0.2) is 69.0 Å². The lowest BCUT2D eigenvalue weighted by atomic mass is 10.2. The van der Waals surface area contributed by atoms with Gasteiger partial charge in [0.05, 0.1) is 24.2 Å². The van der Waals surface area contributed by atoms with Crippen molar-refractivity contribution in [1.82, 2.24) is 24.1 Å². The van der Waals surface area contributed by atoms with Gasteiger partial charge < -0.3 is 14.5 Å². The number of hydrogen-bond donors (Lipinski definition) is 0. The highest BCUT2D eigenvalue weighted by Gasteiger charge is 2.22. The van der Waals surface area contributed by atoms with Gasteiger partial charge in [-0.3, -0.25) is 13.8 Å². The third kappa shape index (κ3) is 4.58. The van der Waals surface area contributed by atoms with E-state index in [0.29, 0.717) is 35.4 Å². The van der Waals surface area contributed by atoms with Gasteiger partial charge in [-0.15, -0.1) is 10.2 Å². The first kappa shape index (κ1) is 23.7. The molecule has 0 unspecified atom stereocenters. The Kier molecular flexibility index (Phi) is 6.75. The predicted octanol–water partition coefficient (Wildman–Crippen LogP) is 2.66. The highest BCUT2D eigenvalue weighted by atomic mass is 32.2. The van der Waals surface area contributed by atoms with Gasteiger partial charge >= 0.3 is 5.56 Å². The third-order valence-corrected chi connectivity index (χ3v) is 7.02. The van der Waals surface area contributed by atoms with Gasteiger partial charge in [0.25, 0.3) is 0 Å². The summed E-state index contributed by atoms with van der Waals surface area (Å²) in [5, 5.41) is 8.64. The molecule has 9 nitrogen and oxygen atoms in total. The number of para-hydroxylation sites is 2. The zero-order valence-corrected chi connectivity index (χ0v) is 20.3. The van der Waals surface area contributed by atoms with Gasteiger partial charge in [-0.1, -0.05) is 30.0 Å². The van der Waals surface area contributed by atoms with Gasteiger partial charge in [-0.05, 0) is 30.3 Å². The van der Waals surface area contributed by atoms with E-state index in [0.717, 1.165) is 24.5 Å². The number of carbonyl (C=O) groups excluding carboxylic acids is 1. The Bertz CT molecular complexity index is 1510. The molecule has 0 N–H and O–H groups in total. The maximum atomic E-state index is 13.6. The molecule has 3 heterocycles. The van der Waals surface area contributed by atoms with Crippen molar-refractivity contribution in [3.63, 3.8) is 0 Å². The standard InChI is InChI=1S/C25H23FN6O3S/c1-35-22-8-3-2-7-21(22)30-11-9-29(10-12-30)20(16-33)17-36-25-28-27-23-24(34)31(13-14-32(23)25)19-6-4-5-18(26)15-19/h2-8,13-15H,9-12,17H2,1H3. The summed E-state index contributed by atoms with van der Waals surface area (Å²) < 4.78 is 22.0. The van der Waals surface area contributed by atoms with Crippen LogP contribution in [0.2, 0.25) is 0 Å². The Morgan fingerprint density at radius 2 is 1.89 bits per heavy atom. The second-order valence-corrected chi connectivity index (χ2v) is 9.06. The summed E-state index contributed by atoms with van der Waals surface area (Å²) >= 11 is 1.31. The van der Waals surface area contributed by atoms with Crippen LogP contribution in [0.15, 0.2) is 76.6 Å². The molecule has 5 rings (SSSR count). The summed E-state index contributed by atoms with van der Waals surface area (Å²) in [6.07, 6.45) is 3.20. The van der Waals surface area contributed by atoms with Gasteiger partial charge in [-0.25, -0.2) is 9.18 Å². The highest BCUT2D eigenvalue weighted by molar-refractivity contribution is 7.99. The molecule has 1 saturated heterocycles. The zero-order chi connectivity index (χ0) is 25.1. The third-order valence-electron chi connectivity index (χ3n) is 6.07. The fourth-order valence-electron chi connectivity index (χ4n) is 4.22. The fourth-order valence-corrected chi connectivity index (χ4v) is 5.11. The molecule has 1 fully saturated rings. The van der Waals surface area contributed by atoms with E-state index >= 15 is 0 Å². The molecular formula is C25H23FN6O3S. The first-order valence-corrected chi connectivity index (χ1v) is 12.3. The Morgan fingerprint density at radius 3 is 2.64 bits per heavy atom. The molecule has 0 aliphatic carbocycles. The van der Waals surface area contributed by atoms with Gasteiger partial charge in [-0.2, -0.15) is 0 Å². The quantitative estimate of drug-likeness (QED) is 0.280. The second kappa shape index (κ2) is 10.3. The fraction of sp³-hybridized carbons (Fsp3) is 0.240. The maximum Gasteiger partial charge on any atom is 0.300 e. The van der Waals surface area contributed by atoms with Crippen molar-refractivity contribution in [3.8, 4) is 11.4 Å².